The Morgan fingerprint density at radius 2 is 1.76 bits per heavy atom. The lowest BCUT2D eigenvalue weighted by molar-refractivity contribution is -0.435. The number of hydrogen-bond donors (Lipinski definition) is 1. The number of hydrogen-bond acceptors (Lipinski definition) is 5. The highest BCUT2D eigenvalue weighted by atomic mass is 35.5. The first kappa shape index (κ1) is 29.0. The zero-order valence-corrected chi connectivity index (χ0v) is 25.2. The van der Waals surface area contributed by atoms with Gasteiger partial charge in [-0.3, -0.25) is 4.55 Å². The van der Waals surface area contributed by atoms with Crippen LogP contribution in [0.3, 0.4) is 0 Å². The van der Waals surface area contributed by atoms with Crippen molar-refractivity contribution in [2.45, 2.75) is 39.5 Å². The van der Waals surface area contributed by atoms with Gasteiger partial charge in [-0.05, 0) is 57.4 Å². The van der Waals surface area contributed by atoms with Gasteiger partial charge >= 0.3 is 5.63 Å². The van der Waals surface area contributed by atoms with E-state index in [-0.39, 0.29) is 17.7 Å². The van der Waals surface area contributed by atoms with Gasteiger partial charge in [-0.25, -0.2) is 4.79 Å². The van der Waals surface area contributed by atoms with Gasteiger partial charge in [0.15, 0.2) is 5.71 Å². The minimum absolute atomic E-state index is 0.225. The maximum atomic E-state index is 13.2. The lowest BCUT2D eigenvalue weighted by Gasteiger charge is -2.21. The van der Waals surface area contributed by atoms with E-state index in [2.05, 4.69) is 49.3 Å². The van der Waals surface area contributed by atoms with Crippen LogP contribution >= 0.6 is 11.6 Å². The molecule has 0 atom stereocenters. The predicted molar refractivity (Wildman–Crippen MR) is 168 cm³/mol. The molecule has 0 amide bonds. The molecule has 1 aromatic heterocycles. The van der Waals surface area contributed by atoms with Crippen LogP contribution in [0.2, 0.25) is 5.02 Å². The van der Waals surface area contributed by atoms with Crippen LogP contribution in [0.5, 0.6) is 0 Å². The number of benzene rings is 3. The molecule has 7 nitrogen and oxygen atoms in total. The quantitative estimate of drug-likeness (QED) is 0.130. The van der Waals surface area contributed by atoms with Crippen LogP contribution in [-0.2, 0) is 15.5 Å². The molecule has 0 spiro atoms. The molecule has 0 bridgehead atoms. The fraction of sp³-hybridized carbons (Fsp3) is 0.312. The van der Waals surface area contributed by atoms with E-state index in [1.54, 1.807) is 6.08 Å². The summed E-state index contributed by atoms with van der Waals surface area (Å²) in [7, 11) is -4.11. The average molecular weight is 594 g/mol. The number of halogens is 1. The topological polar surface area (TPSA) is 90.8 Å². The zero-order valence-electron chi connectivity index (χ0n) is 23.6. The second-order valence-electron chi connectivity index (χ2n) is 10.8. The third-order valence-corrected chi connectivity index (χ3v) is 9.17. The van der Waals surface area contributed by atoms with Crippen LogP contribution in [0, 0.1) is 0 Å². The standard InChI is InChI=1S/C32H33ClN2O5S/c1-5-34(6-2)22-13-14-24-27(20-22)40-31(36)25(29(24)33)15-17-28-32(3,4)26-16-12-21-10-7-8-11-23(21)30(26)35(28)18-9-19-41(37,38)39/h7-8,10-17,20H,5-6,9,18-19H2,1-4H3/p+1. The molecule has 1 aliphatic rings. The second-order valence-corrected chi connectivity index (χ2v) is 12.7. The summed E-state index contributed by atoms with van der Waals surface area (Å²) < 4.78 is 40.2. The van der Waals surface area contributed by atoms with E-state index in [0.717, 1.165) is 46.5 Å². The molecule has 0 unspecified atom stereocenters. The van der Waals surface area contributed by atoms with Crippen molar-refractivity contribution in [2.75, 3.05) is 30.3 Å². The highest BCUT2D eigenvalue weighted by Crippen LogP contribution is 2.44. The van der Waals surface area contributed by atoms with Crippen molar-refractivity contribution in [1.29, 1.82) is 0 Å². The molecule has 5 rings (SSSR count). The smallest absolute Gasteiger partial charge is 0.345 e. The number of fused-ring (bicyclic) bond motifs is 4. The Hall–Kier alpha value is -3.46. The van der Waals surface area contributed by atoms with Crippen molar-refractivity contribution < 1.29 is 22.0 Å². The van der Waals surface area contributed by atoms with Crippen LogP contribution in [-0.4, -0.2) is 48.6 Å². The molecule has 214 valence electrons. The number of anilines is 1. The van der Waals surface area contributed by atoms with Crippen molar-refractivity contribution >= 4 is 66.6 Å². The normalized spacial score (nSPS) is 14.9. The van der Waals surface area contributed by atoms with Crippen LogP contribution < -0.4 is 10.5 Å². The van der Waals surface area contributed by atoms with Gasteiger partial charge in [0.25, 0.3) is 10.1 Å². The fourth-order valence-corrected chi connectivity index (χ4v) is 6.63. The van der Waals surface area contributed by atoms with E-state index < -0.39 is 21.2 Å². The Morgan fingerprint density at radius 1 is 1.02 bits per heavy atom. The Balaban J connectivity index is 1.64. The SMILES string of the molecule is CCN(CC)c1ccc2c(Cl)c(/C=C/C3=[N+](CCCS(=O)(=O)O)c4c(ccc5ccccc45)C3(C)C)c(=O)oc2c1. The summed E-state index contributed by atoms with van der Waals surface area (Å²) in [5, 5.41) is 3.07. The van der Waals surface area contributed by atoms with E-state index in [1.807, 2.05) is 48.5 Å². The molecule has 3 aromatic carbocycles. The van der Waals surface area contributed by atoms with Gasteiger partial charge in [0, 0.05) is 48.3 Å². The van der Waals surface area contributed by atoms with Gasteiger partial charge < -0.3 is 9.32 Å². The molecular weight excluding hydrogens is 560 g/mol. The number of allylic oxidation sites excluding steroid dienone is 1. The van der Waals surface area contributed by atoms with Crippen molar-refractivity contribution in [2.24, 2.45) is 0 Å². The maximum absolute atomic E-state index is 13.2. The van der Waals surface area contributed by atoms with Crippen LogP contribution in [0.1, 0.15) is 45.2 Å². The number of rotatable bonds is 9. The molecule has 9 heteroatoms. The first-order valence-electron chi connectivity index (χ1n) is 13.8. The molecule has 2 heterocycles. The summed E-state index contributed by atoms with van der Waals surface area (Å²) in [5.74, 6) is -0.351. The lowest BCUT2D eigenvalue weighted by Crippen LogP contribution is -2.28. The predicted octanol–water partition coefficient (Wildman–Crippen LogP) is 6.81. The van der Waals surface area contributed by atoms with Crippen LogP contribution in [0.15, 0.2) is 69.9 Å². The minimum atomic E-state index is -4.11. The molecule has 4 aromatic rings. The third-order valence-electron chi connectivity index (χ3n) is 7.96. The molecule has 41 heavy (non-hydrogen) atoms. The molecule has 0 radical (unpaired) electrons. The van der Waals surface area contributed by atoms with E-state index in [0.29, 0.717) is 22.5 Å². The summed E-state index contributed by atoms with van der Waals surface area (Å²) in [4.78, 5) is 15.3. The van der Waals surface area contributed by atoms with Gasteiger partial charge in [0.05, 0.1) is 27.1 Å². The third kappa shape index (κ3) is 5.44. The molecule has 0 saturated heterocycles. The molecule has 0 aliphatic carbocycles. The van der Waals surface area contributed by atoms with E-state index in [9.17, 15) is 17.8 Å². The molecule has 0 fully saturated rings. The van der Waals surface area contributed by atoms with Crippen molar-refractivity contribution in [3.05, 3.63) is 87.2 Å². The molecule has 0 saturated carbocycles. The van der Waals surface area contributed by atoms with E-state index in [1.165, 1.54) is 0 Å². The molecule has 1 N–H and O–H groups in total. The summed E-state index contributed by atoms with van der Waals surface area (Å²) in [6, 6.07) is 17.9. The summed E-state index contributed by atoms with van der Waals surface area (Å²) in [6.07, 6.45) is 3.78. The first-order valence-corrected chi connectivity index (χ1v) is 15.8. The Labute approximate surface area is 245 Å². The van der Waals surface area contributed by atoms with E-state index in [4.69, 9.17) is 16.0 Å². The van der Waals surface area contributed by atoms with Gasteiger partial charge in [-0.15, -0.1) is 0 Å². The summed E-state index contributed by atoms with van der Waals surface area (Å²) in [5.41, 5.74) is 3.60. The summed E-state index contributed by atoms with van der Waals surface area (Å²) in [6.45, 7) is 10.4. The highest BCUT2D eigenvalue weighted by molar-refractivity contribution is 7.85. The van der Waals surface area contributed by atoms with Crippen LogP contribution in [0.25, 0.3) is 27.8 Å². The largest absolute Gasteiger partial charge is 0.422 e. The van der Waals surface area contributed by atoms with Gasteiger partial charge in [0.2, 0.25) is 5.69 Å². The maximum Gasteiger partial charge on any atom is 0.345 e. The molecule has 1 aliphatic heterocycles. The monoisotopic (exact) mass is 593 g/mol. The van der Waals surface area contributed by atoms with Crippen LogP contribution in [0.4, 0.5) is 11.4 Å². The second kappa shape index (κ2) is 11.1. The van der Waals surface area contributed by atoms with Crippen molar-refractivity contribution in [3.8, 4) is 0 Å². The lowest BCUT2D eigenvalue weighted by atomic mass is 9.80. The Morgan fingerprint density at radius 3 is 2.46 bits per heavy atom. The van der Waals surface area contributed by atoms with E-state index >= 15 is 0 Å². The Bertz CT molecular complexity index is 1890. The number of nitrogens with zero attached hydrogens (tertiary/aromatic N) is 2. The summed E-state index contributed by atoms with van der Waals surface area (Å²) >= 11 is 6.80. The van der Waals surface area contributed by atoms with Gasteiger partial charge in [-0.2, -0.15) is 13.0 Å². The van der Waals surface area contributed by atoms with Crippen molar-refractivity contribution in [1.82, 2.24) is 0 Å². The van der Waals surface area contributed by atoms with Crippen molar-refractivity contribution in [3.63, 3.8) is 0 Å². The zero-order chi connectivity index (χ0) is 29.5. The van der Waals surface area contributed by atoms with Gasteiger partial charge in [0.1, 0.15) is 12.1 Å². The molecular formula is C32H34ClN2O5S+. The fourth-order valence-electron chi connectivity index (χ4n) is 5.84. The average Bonchev–Trinajstić information content (AvgIpc) is 3.14. The first-order chi connectivity index (χ1) is 19.5. The van der Waals surface area contributed by atoms with Gasteiger partial charge in [-0.1, -0.05) is 41.9 Å². The minimum Gasteiger partial charge on any atom is -0.422 e. The Kier molecular flexibility index (Phi) is 7.85. The highest BCUT2D eigenvalue weighted by Gasteiger charge is 2.45.